The Morgan fingerprint density at radius 2 is 1.92 bits per heavy atom. The molecule has 0 aliphatic heterocycles. The first-order valence-electron chi connectivity index (χ1n) is 7.07. The van der Waals surface area contributed by atoms with Crippen molar-refractivity contribution < 1.29 is 27.9 Å². The van der Waals surface area contributed by atoms with Crippen molar-refractivity contribution in [2.75, 3.05) is 0 Å². The Labute approximate surface area is 146 Å². The van der Waals surface area contributed by atoms with E-state index in [-0.39, 0.29) is 22.6 Å². The number of hydrogen-bond acceptors (Lipinski definition) is 3. The van der Waals surface area contributed by atoms with E-state index in [9.17, 15) is 27.9 Å². The number of aromatic hydroxyl groups is 1. The van der Waals surface area contributed by atoms with Gasteiger partial charge >= 0.3 is 6.18 Å². The van der Waals surface area contributed by atoms with Crippen molar-refractivity contribution in [3.8, 4) is 5.75 Å². The molecule has 0 aliphatic rings. The first-order valence-corrected chi connectivity index (χ1v) is 7.45. The minimum atomic E-state index is -4.43. The molecule has 1 N–H and O–H groups in total. The fraction of sp³-hybridized carbons (Fsp3) is 0.111. The molecule has 7 heteroatoms. The molecule has 0 heterocycles. The maximum Gasteiger partial charge on any atom is 0.416 e. The lowest BCUT2D eigenvalue weighted by Gasteiger charge is -2.07. The van der Waals surface area contributed by atoms with E-state index >= 15 is 0 Å². The fourth-order valence-corrected chi connectivity index (χ4v) is 2.35. The van der Waals surface area contributed by atoms with Crippen LogP contribution in [-0.4, -0.2) is 17.2 Å². The van der Waals surface area contributed by atoms with E-state index in [1.807, 2.05) is 0 Å². The highest BCUT2D eigenvalue weighted by Crippen LogP contribution is 2.30. The van der Waals surface area contributed by atoms with Crippen molar-refractivity contribution in [3.05, 3.63) is 75.8 Å². The third kappa shape index (κ3) is 4.70. The molecule has 0 saturated carbocycles. The van der Waals surface area contributed by atoms with Crippen LogP contribution in [0.5, 0.6) is 5.75 Å². The fourth-order valence-electron chi connectivity index (χ4n) is 2.13. The summed E-state index contributed by atoms with van der Waals surface area (Å²) in [6, 6.07) is 7.19. The quantitative estimate of drug-likeness (QED) is 0.466. The van der Waals surface area contributed by atoms with Gasteiger partial charge in [0.15, 0.2) is 12.1 Å². The lowest BCUT2D eigenvalue weighted by Crippen LogP contribution is -2.05. The van der Waals surface area contributed by atoms with Gasteiger partial charge < -0.3 is 5.11 Å². The van der Waals surface area contributed by atoms with Gasteiger partial charge in [-0.25, -0.2) is 0 Å². The lowest BCUT2D eigenvalue weighted by atomic mass is 10.0. The summed E-state index contributed by atoms with van der Waals surface area (Å²) in [5, 5.41) is 9.40. The van der Waals surface area contributed by atoms with E-state index in [1.165, 1.54) is 36.4 Å². The number of ketones is 1. The summed E-state index contributed by atoms with van der Waals surface area (Å²) >= 11 is 5.74. The molecule has 0 unspecified atom stereocenters. The molecule has 0 radical (unpaired) electrons. The van der Waals surface area contributed by atoms with Crippen LogP contribution in [0.1, 0.15) is 31.8 Å². The molecule has 0 aliphatic carbocycles. The maximum absolute atomic E-state index is 12.6. The average Bonchev–Trinajstić information content (AvgIpc) is 2.56. The van der Waals surface area contributed by atoms with Crippen LogP contribution in [0.15, 0.2) is 48.6 Å². The van der Waals surface area contributed by atoms with Gasteiger partial charge in [0.05, 0.1) is 16.1 Å². The van der Waals surface area contributed by atoms with E-state index in [4.69, 9.17) is 11.6 Å². The summed E-state index contributed by atoms with van der Waals surface area (Å²) in [4.78, 5) is 22.9. The Hall–Kier alpha value is -2.60. The van der Waals surface area contributed by atoms with Crippen molar-refractivity contribution in [2.24, 2.45) is 0 Å². The van der Waals surface area contributed by atoms with E-state index in [0.29, 0.717) is 11.8 Å². The summed E-state index contributed by atoms with van der Waals surface area (Å²) < 4.78 is 37.9. The monoisotopic (exact) mass is 368 g/mol. The zero-order valence-corrected chi connectivity index (χ0v) is 13.4. The number of benzene rings is 2. The van der Waals surface area contributed by atoms with Crippen LogP contribution >= 0.6 is 11.6 Å². The van der Waals surface area contributed by atoms with E-state index in [0.717, 1.165) is 12.1 Å². The SMILES string of the molecule is O=Cc1cc(C(=O)/C=C/Cc2cccc(C(F)(F)F)c2)cc(Cl)c1O. The molecule has 0 saturated heterocycles. The first kappa shape index (κ1) is 18.7. The predicted molar refractivity (Wildman–Crippen MR) is 87.1 cm³/mol. The molecule has 2 aromatic carbocycles. The largest absolute Gasteiger partial charge is 0.506 e. The number of rotatable bonds is 5. The van der Waals surface area contributed by atoms with Crippen LogP contribution in [0, 0.1) is 0 Å². The van der Waals surface area contributed by atoms with Gasteiger partial charge in [0.1, 0.15) is 5.75 Å². The number of phenolic OH excluding ortho intramolecular Hbond substituents is 1. The van der Waals surface area contributed by atoms with Gasteiger partial charge in [-0.2, -0.15) is 13.2 Å². The number of phenols is 1. The molecule has 2 aromatic rings. The molecule has 0 spiro atoms. The Kier molecular flexibility index (Phi) is 5.64. The summed E-state index contributed by atoms with van der Waals surface area (Å²) in [5.74, 6) is -0.905. The van der Waals surface area contributed by atoms with E-state index in [2.05, 4.69) is 0 Å². The van der Waals surface area contributed by atoms with Crippen LogP contribution < -0.4 is 0 Å². The van der Waals surface area contributed by atoms with Gasteiger partial charge in [0, 0.05) is 5.56 Å². The zero-order valence-electron chi connectivity index (χ0n) is 12.7. The second-order valence-corrected chi connectivity index (χ2v) is 5.59. The van der Waals surface area contributed by atoms with Gasteiger partial charge in [-0.1, -0.05) is 35.9 Å². The number of carbonyl (C=O) groups excluding carboxylic acids is 2. The Bertz CT molecular complexity index is 842. The second kappa shape index (κ2) is 7.53. The molecular weight excluding hydrogens is 357 g/mol. The average molecular weight is 369 g/mol. The van der Waals surface area contributed by atoms with Gasteiger partial charge in [-0.05, 0) is 36.3 Å². The Morgan fingerprint density at radius 3 is 2.56 bits per heavy atom. The van der Waals surface area contributed by atoms with Crippen LogP contribution in [0.4, 0.5) is 13.2 Å². The summed E-state index contributed by atoms with van der Waals surface area (Å²) in [6.07, 6.45) is -1.34. The molecule has 0 aromatic heterocycles. The van der Waals surface area contributed by atoms with Crippen molar-refractivity contribution in [1.82, 2.24) is 0 Å². The Morgan fingerprint density at radius 1 is 1.20 bits per heavy atom. The number of alkyl halides is 3. The molecular formula is C18H12ClF3O3. The molecule has 130 valence electrons. The van der Waals surface area contributed by atoms with Crippen molar-refractivity contribution >= 4 is 23.7 Å². The second-order valence-electron chi connectivity index (χ2n) is 5.18. The van der Waals surface area contributed by atoms with Crippen LogP contribution in [0.3, 0.4) is 0 Å². The first-order chi connectivity index (χ1) is 11.7. The molecule has 0 amide bonds. The van der Waals surface area contributed by atoms with Gasteiger partial charge in [-0.3, -0.25) is 9.59 Å². The maximum atomic E-state index is 12.6. The number of halogens is 4. The third-order valence-corrected chi connectivity index (χ3v) is 3.67. The van der Waals surface area contributed by atoms with Gasteiger partial charge in [0.2, 0.25) is 0 Å². The van der Waals surface area contributed by atoms with Gasteiger partial charge in [0.25, 0.3) is 0 Å². The van der Waals surface area contributed by atoms with Crippen molar-refractivity contribution in [1.29, 1.82) is 0 Å². The van der Waals surface area contributed by atoms with E-state index < -0.39 is 23.3 Å². The molecule has 3 nitrogen and oxygen atoms in total. The lowest BCUT2D eigenvalue weighted by molar-refractivity contribution is -0.137. The number of carbonyl (C=O) groups is 2. The molecule has 2 rings (SSSR count). The normalized spacial score (nSPS) is 11.7. The van der Waals surface area contributed by atoms with Crippen LogP contribution in [0.25, 0.3) is 0 Å². The number of hydrogen-bond donors (Lipinski definition) is 1. The highest BCUT2D eigenvalue weighted by molar-refractivity contribution is 6.33. The predicted octanol–water partition coefficient (Wildman–Crippen LogP) is 4.86. The number of aldehydes is 1. The minimum absolute atomic E-state index is 0.0881. The standard InChI is InChI=1S/C18H12ClF3O3/c19-15-9-12(8-13(10-23)17(15)25)16(24)6-2-4-11-3-1-5-14(7-11)18(20,21)22/h1-3,5-10,25H,4H2/b6-2+. The highest BCUT2D eigenvalue weighted by atomic mass is 35.5. The molecule has 0 fully saturated rings. The topological polar surface area (TPSA) is 54.4 Å². The third-order valence-electron chi connectivity index (χ3n) is 3.38. The highest BCUT2D eigenvalue weighted by Gasteiger charge is 2.30. The van der Waals surface area contributed by atoms with Gasteiger partial charge in [-0.15, -0.1) is 0 Å². The zero-order chi connectivity index (χ0) is 18.6. The summed E-state index contributed by atoms with van der Waals surface area (Å²) in [7, 11) is 0. The van der Waals surface area contributed by atoms with Crippen molar-refractivity contribution in [2.45, 2.75) is 12.6 Å². The number of allylic oxidation sites excluding steroid dienone is 2. The van der Waals surface area contributed by atoms with E-state index in [1.54, 1.807) is 0 Å². The van der Waals surface area contributed by atoms with Crippen LogP contribution in [0.2, 0.25) is 5.02 Å². The smallest absolute Gasteiger partial charge is 0.416 e. The minimum Gasteiger partial charge on any atom is -0.506 e. The van der Waals surface area contributed by atoms with Crippen LogP contribution in [-0.2, 0) is 12.6 Å². The Balaban J connectivity index is 2.14. The summed E-state index contributed by atoms with van der Waals surface area (Å²) in [6.45, 7) is 0. The molecule has 0 atom stereocenters. The summed E-state index contributed by atoms with van der Waals surface area (Å²) in [5.41, 5.74) is -0.394. The van der Waals surface area contributed by atoms with Crippen molar-refractivity contribution in [3.63, 3.8) is 0 Å². The molecule has 25 heavy (non-hydrogen) atoms. The molecule has 0 bridgehead atoms.